The molecule has 15 heavy (non-hydrogen) atoms. The molecule has 0 unspecified atom stereocenters. The fourth-order valence-electron chi connectivity index (χ4n) is 1.57. The second-order valence-corrected chi connectivity index (χ2v) is 3.69. The number of quaternary nitrogens is 1. The highest BCUT2D eigenvalue weighted by molar-refractivity contribution is 6.31. The second kappa shape index (κ2) is 4.06. The molecule has 0 spiro atoms. The first-order chi connectivity index (χ1) is 7.24. The van der Waals surface area contributed by atoms with Crippen molar-refractivity contribution in [1.82, 2.24) is 5.53 Å². The van der Waals surface area contributed by atoms with Crippen molar-refractivity contribution >= 4 is 23.6 Å². The van der Waals surface area contributed by atoms with E-state index >= 15 is 0 Å². The minimum Gasteiger partial charge on any atom is -0.326 e. The molecule has 0 fully saturated rings. The summed E-state index contributed by atoms with van der Waals surface area (Å²) in [5.74, 6) is 0. The molecule has 0 saturated heterocycles. The molecule has 1 aliphatic heterocycles. The van der Waals surface area contributed by atoms with Crippen LogP contribution in [-0.2, 0) is 6.54 Å². The first kappa shape index (κ1) is 10.2. The van der Waals surface area contributed by atoms with Gasteiger partial charge in [-0.05, 0) is 30.2 Å². The van der Waals surface area contributed by atoms with Crippen LogP contribution in [-0.4, -0.2) is 6.34 Å². The van der Waals surface area contributed by atoms with Gasteiger partial charge < -0.3 is 5.73 Å². The number of rotatable bonds is 2. The number of nitrogens with zero attached hydrogens (tertiary/aromatic N) is 2. The summed E-state index contributed by atoms with van der Waals surface area (Å²) in [5, 5.41) is 6.51. The van der Waals surface area contributed by atoms with E-state index in [-0.39, 0.29) is 0 Å². The largest absolute Gasteiger partial charge is 0.326 e. The fraction of sp³-hybridized carbons (Fsp3) is 0.222. The number of hydrogen-bond acceptors (Lipinski definition) is 4. The maximum atomic E-state index is 6.04. The highest BCUT2D eigenvalue weighted by Gasteiger charge is 2.17. The van der Waals surface area contributed by atoms with Crippen molar-refractivity contribution in [2.45, 2.75) is 13.5 Å². The number of halogens is 1. The molecule has 5 N–H and O–H groups in total. The summed E-state index contributed by atoms with van der Waals surface area (Å²) in [5.41, 5.74) is 13.3. The monoisotopic (exact) mass is 226 g/mol. The molecule has 1 aliphatic rings. The minimum absolute atomic E-state index is 0.458. The van der Waals surface area contributed by atoms with Crippen LogP contribution in [0.2, 0.25) is 5.02 Å². The lowest BCUT2D eigenvalue weighted by atomic mass is 10.1. The van der Waals surface area contributed by atoms with Crippen LogP contribution in [0, 0.1) is 6.92 Å². The quantitative estimate of drug-likeness (QED) is 0.615. The number of nitrogens with two attached hydrogens (primary N) is 2. The number of hydrazone groups is 1. The Morgan fingerprint density at radius 2 is 2.40 bits per heavy atom. The highest BCUT2D eigenvalue weighted by Crippen LogP contribution is 2.27. The molecule has 0 atom stereocenters. The average Bonchev–Trinajstić information content (AvgIpc) is 2.75. The van der Waals surface area contributed by atoms with Crippen LogP contribution in [0.15, 0.2) is 17.2 Å². The van der Waals surface area contributed by atoms with E-state index < -0.39 is 0 Å². The van der Waals surface area contributed by atoms with Gasteiger partial charge in [-0.25, -0.2) is 0 Å². The van der Waals surface area contributed by atoms with Crippen LogP contribution in [0.5, 0.6) is 0 Å². The molecule has 0 bridgehead atoms. The molecule has 0 radical (unpaired) electrons. The second-order valence-electron chi connectivity index (χ2n) is 3.28. The summed E-state index contributed by atoms with van der Waals surface area (Å²) >= 11 is 6.04. The number of benzene rings is 1. The van der Waals surface area contributed by atoms with E-state index in [0.717, 1.165) is 21.8 Å². The van der Waals surface area contributed by atoms with Gasteiger partial charge in [-0.1, -0.05) is 11.6 Å². The number of hydrogen-bond donors (Lipinski definition) is 3. The predicted octanol–water partition coefficient (Wildman–Crippen LogP) is -0.147. The summed E-state index contributed by atoms with van der Waals surface area (Å²) in [6.45, 7) is 2.43. The third-order valence-corrected chi connectivity index (χ3v) is 2.85. The molecule has 0 amide bonds. The summed E-state index contributed by atoms with van der Waals surface area (Å²) in [6, 6.07) is 3.80. The lowest BCUT2D eigenvalue weighted by Crippen LogP contribution is -2.98. The molecule has 1 heterocycles. The van der Waals surface area contributed by atoms with Gasteiger partial charge in [-0.15, -0.1) is 16.2 Å². The minimum atomic E-state index is 0.458. The Bertz CT molecular complexity index is 404. The number of nitrogens with one attached hydrogen (secondary N) is 1. The topological polar surface area (TPSA) is 70.3 Å². The van der Waals surface area contributed by atoms with Crippen molar-refractivity contribution in [2.75, 3.05) is 5.01 Å². The van der Waals surface area contributed by atoms with Crippen molar-refractivity contribution in [1.29, 1.82) is 0 Å². The molecule has 1 aromatic rings. The maximum Gasteiger partial charge on any atom is 0.174 e. The van der Waals surface area contributed by atoms with Gasteiger partial charge in [-0.2, -0.15) is 5.01 Å². The van der Waals surface area contributed by atoms with E-state index in [1.807, 2.05) is 24.1 Å². The Labute approximate surface area is 92.8 Å². The Morgan fingerprint density at radius 3 is 3.00 bits per heavy atom. The van der Waals surface area contributed by atoms with Crippen LogP contribution in [0.4, 0.5) is 5.69 Å². The van der Waals surface area contributed by atoms with Crippen molar-refractivity contribution in [2.24, 2.45) is 10.8 Å². The standard InChI is InChI=1S/C9H12ClN5/c1-6-7(4-11)9(3-2-8(6)10)15-5-12-13-14-15/h2-3,5,13-14H,4,11H2,1H3/p+1. The smallest absolute Gasteiger partial charge is 0.174 e. The van der Waals surface area contributed by atoms with E-state index in [4.69, 9.17) is 17.3 Å². The molecule has 6 heteroatoms. The molecule has 80 valence electrons. The van der Waals surface area contributed by atoms with Crippen LogP contribution in [0.1, 0.15) is 11.1 Å². The molecule has 0 aliphatic carbocycles. The molecule has 1 aromatic carbocycles. The van der Waals surface area contributed by atoms with Gasteiger partial charge in [0, 0.05) is 11.6 Å². The van der Waals surface area contributed by atoms with Gasteiger partial charge in [0.1, 0.15) is 5.69 Å². The molecule has 5 nitrogen and oxygen atoms in total. The predicted molar refractivity (Wildman–Crippen MR) is 60.1 cm³/mol. The van der Waals surface area contributed by atoms with Crippen LogP contribution in [0.25, 0.3) is 0 Å². The first-order valence-electron chi connectivity index (χ1n) is 4.62. The summed E-state index contributed by atoms with van der Waals surface area (Å²) in [7, 11) is 0. The molecule has 2 rings (SSSR count). The Hall–Kier alpha value is -1.30. The van der Waals surface area contributed by atoms with Crippen molar-refractivity contribution in [3.05, 3.63) is 28.3 Å². The molecule has 0 aromatic heterocycles. The Morgan fingerprint density at radius 1 is 1.60 bits per heavy atom. The summed E-state index contributed by atoms with van der Waals surface area (Å²) < 4.78 is 0. The zero-order valence-electron chi connectivity index (χ0n) is 8.37. The van der Waals surface area contributed by atoms with Gasteiger partial charge in [0.05, 0.1) is 0 Å². The van der Waals surface area contributed by atoms with Crippen molar-refractivity contribution < 1.29 is 5.53 Å². The highest BCUT2D eigenvalue weighted by atomic mass is 35.5. The maximum absolute atomic E-state index is 6.04. The van der Waals surface area contributed by atoms with E-state index in [1.165, 1.54) is 0 Å². The van der Waals surface area contributed by atoms with Crippen LogP contribution in [0.3, 0.4) is 0 Å². The van der Waals surface area contributed by atoms with E-state index in [0.29, 0.717) is 6.54 Å². The van der Waals surface area contributed by atoms with E-state index in [9.17, 15) is 0 Å². The molecular weight excluding hydrogens is 214 g/mol. The van der Waals surface area contributed by atoms with Gasteiger partial charge in [-0.3, -0.25) is 0 Å². The lowest BCUT2D eigenvalue weighted by molar-refractivity contribution is -0.703. The van der Waals surface area contributed by atoms with Crippen LogP contribution < -0.4 is 21.8 Å². The van der Waals surface area contributed by atoms with Crippen LogP contribution >= 0.6 is 11.6 Å². The van der Waals surface area contributed by atoms with Gasteiger partial charge >= 0.3 is 0 Å². The number of anilines is 1. The zero-order chi connectivity index (χ0) is 10.8. The Balaban J connectivity index is 2.46. The SMILES string of the molecule is Cc1c(Cl)ccc(N2C=NN[NH2+]2)c1CN. The zero-order valence-corrected chi connectivity index (χ0v) is 9.12. The Kier molecular flexibility index (Phi) is 2.77. The molecular formula is C9H13ClN5+. The van der Waals surface area contributed by atoms with Gasteiger partial charge in [0.15, 0.2) is 6.34 Å². The van der Waals surface area contributed by atoms with Gasteiger partial charge in [0.2, 0.25) is 0 Å². The average molecular weight is 227 g/mol. The lowest BCUT2D eigenvalue weighted by Gasteiger charge is -2.16. The fourth-order valence-corrected chi connectivity index (χ4v) is 1.75. The first-order valence-corrected chi connectivity index (χ1v) is 5.00. The molecule has 0 saturated carbocycles. The van der Waals surface area contributed by atoms with E-state index in [1.54, 1.807) is 11.9 Å². The normalized spacial score (nSPS) is 14.5. The van der Waals surface area contributed by atoms with Crippen molar-refractivity contribution in [3.63, 3.8) is 0 Å². The van der Waals surface area contributed by atoms with Crippen molar-refractivity contribution in [3.8, 4) is 0 Å². The van der Waals surface area contributed by atoms with Gasteiger partial charge in [0.25, 0.3) is 0 Å². The third kappa shape index (κ3) is 1.77. The van der Waals surface area contributed by atoms with E-state index in [2.05, 4.69) is 10.6 Å². The summed E-state index contributed by atoms with van der Waals surface area (Å²) in [6.07, 6.45) is 1.70. The third-order valence-electron chi connectivity index (χ3n) is 2.44. The summed E-state index contributed by atoms with van der Waals surface area (Å²) in [4.78, 5) is 0.